The zero-order valence-corrected chi connectivity index (χ0v) is 18.3. The van der Waals surface area contributed by atoms with Crippen molar-refractivity contribution in [2.45, 2.75) is 0 Å². The number of ether oxygens (including phenoxy) is 3. The monoisotopic (exact) mass is 450 g/mol. The summed E-state index contributed by atoms with van der Waals surface area (Å²) in [5.74, 6) is 0.0840. The molecule has 8 heteroatoms. The van der Waals surface area contributed by atoms with Crippen LogP contribution in [0.25, 0.3) is 6.08 Å². The predicted octanol–water partition coefficient (Wildman–Crippen LogP) is 4.26. The van der Waals surface area contributed by atoms with Crippen molar-refractivity contribution in [1.29, 1.82) is 0 Å². The van der Waals surface area contributed by atoms with E-state index < -0.39 is 17.6 Å². The molecule has 0 radical (unpaired) electrons. The van der Waals surface area contributed by atoms with Crippen LogP contribution in [0.15, 0.2) is 72.4 Å². The molecule has 0 unspecified atom stereocenters. The van der Waals surface area contributed by atoms with Crippen LogP contribution >= 0.6 is 0 Å². The van der Waals surface area contributed by atoms with Gasteiger partial charge in [-0.3, -0.25) is 9.59 Å². The van der Waals surface area contributed by atoms with Crippen molar-refractivity contribution in [3.63, 3.8) is 0 Å². The molecule has 0 fully saturated rings. The third kappa shape index (κ3) is 6.10. The third-order valence-corrected chi connectivity index (χ3v) is 4.67. The number of halogens is 1. The first-order valence-corrected chi connectivity index (χ1v) is 9.89. The van der Waals surface area contributed by atoms with Crippen molar-refractivity contribution < 1.29 is 28.2 Å². The molecule has 2 N–H and O–H groups in total. The minimum absolute atomic E-state index is 0.0210. The van der Waals surface area contributed by atoms with Crippen LogP contribution < -0.4 is 24.8 Å². The number of carbonyl (C=O) groups is 2. The largest absolute Gasteiger partial charge is 0.497 e. The SMILES string of the molecule is COc1ccc(C(=O)N/C(=C/c2ccc(OC)c(OC)c2)C(=O)Nc2ccc(F)cc2)cc1. The highest BCUT2D eigenvalue weighted by Crippen LogP contribution is 2.28. The lowest BCUT2D eigenvalue weighted by Crippen LogP contribution is -2.30. The fourth-order valence-corrected chi connectivity index (χ4v) is 2.94. The highest BCUT2D eigenvalue weighted by atomic mass is 19.1. The van der Waals surface area contributed by atoms with Crippen LogP contribution in [0.1, 0.15) is 15.9 Å². The van der Waals surface area contributed by atoms with E-state index in [1.165, 1.54) is 51.7 Å². The standard InChI is InChI=1S/C25H23FN2O5/c1-31-20-11-5-17(6-12-20)24(29)28-21(25(30)27-19-9-7-18(26)8-10-19)14-16-4-13-22(32-2)23(15-16)33-3/h4-15H,1-3H3,(H,27,30)(H,28,29)/b21-14+. The van der Waals surface area contributed by atoms with Crippen LogP contribution in [0.3, 0.4) is 0 Å². The smallest absolute Gasteiger partial charge is 0.272 e. The fraction of sp³-hybridized carbons (Fsp3) is 0.120. The maximum absolute atomic E-state index is 13.2. The van der Waals surface area contributed by atoms with Crippen molar-refractivity contribution in [2.24, 2.45) is 0 Å². The summed E-state index contributed by atoms with van der Waals surface area (Å²) in [4.78, 5) is 25.8. The Labute approximate surface area is 190 Å². The summed E-state index contributed by atoms with van der Waals surface area (Å²) in [6, 6.07) is 16.8. The Morgan fingerprint density at radius 3 is 2.09 bits per heavy atom. The predicted molar refractivity (Wildman–Crippen MR) is 123 cm³/mol. The molecule has 2 amide bonds. The molecule has 0 aliphatic heterocycles. The number of rotatable bonds is 8. The van der Waals surface area contributed by atoms with Crippen LogP contribution in [0, 0.1) is 5.82 Å². The first-order valence-electron chi connectivity index (χ1n) is 9.89. The molecule has 170 valence electrons. The molecule has 0 aliphatic carbocycles. The summed E-state index contributed by atoms with van der Waals surface area (Å²) >= 11 is 0. The molecule has 0 aliphatic rings. The van der Waals surface area contributed by atoms with Crippen LogP contribution in [-0.4, -0.2) is 33.1 Å². The maximum Gasteiger partial charge on any atom is 0.272 e. The van der Waals surface area contributed by atoms with Gasteiger partial charge in [-0.25, -0.2) is 4.39 Å². The van der Waals surface area contributed by atoms with E-state index in [1.807, 2.05) is 0 Å². The summed E-state index contributed by atoms with van der Waals surface area (Å²) in [5.41, 5.74) is 1.28. The molecule has 0 aromatic heterocycles. The Kier molecular flexibility index (Phi) is 7.64. The highest BCUT2D eigenvalue weighted by molar-refractivity contribution is 6.10. The number of anilines is 1. The Hall–Kier alpha value is -4.33. The minimum atomic E-state index is -0.585. The molecule has 7 nitrogen and oxygen atoms in total. The van der Waals surface area contributed by atoms with Crippen molar-refractivity contribution in [1.82, 2.24) is 5.32 Å². The first kappa shape index (κ1) is 23.3. The second kappa shape index (κ2) is 10.8. The second-order valence-corrected chi connectivity index (χ2v) is 6.82. The average molecular weight is 450 g/mol. The van der Waals surface area contributed by atoms with E-state index in [4.69, 9.17) is 14.2 Å². The van der Waals surface area contributed by atoms with Gasteiger partial charge in [0.05, 0.1) is 21.3 Å². The van der Waals surface area contributed by atoms with Crippen LogP contribution in [-0.2, 0) is 4.79 Å². The van der Waals surface area contributed by atoms with Crippen molar-refractivity contribution in [3.8, 4) is 17.2 Å². The molecule has 0 saturated heterocycles. The van der Waals surface area contributed by atoms with Crippen molar-refractivity contribution >= 4 is 23.6 Å². The van der Waals surface area contributed by atoms with Gasteiger partial charge in [-0.2, -0.15) is 0 Å². The molecule has 0 atom stereocenters. The first-order chi connectivity index (χ1) is 15.9. The highest BCUT2D eigenvalue weighted by Gasteiger charge is 2.16. The zero-order chi connectivity index (χ0) is 23.8. The van der Waals surface area contributed by atoms with Crippen molar-refractivity contribution in [3.05, 3.63) is 89.4 Å². The molecule has 33 heavy (non-hydrogen) atoms. The van der Waals surface area contributed by atoms with E-state index in [2.05, 4.69) is 10.6 Å². The lowest BCUT2D eigenvalue weighted by atomic mass is 10.1. The molecule has 3 aromatic carbocycles. The summed E-state index contributed by atoms with van der Waals surface area (Å²) in [6.07, 6.45) is 1.50. The number of amides is 2. The molecule has 0 saturated carbocycles. The minimum Gasteiger partial charge on any atom is -0.497 e. The third-order valence-electron chi connectivity index (χ3n) is 4.67. The Bertz CT molecular complexity index is 1160. The van der Waals surface area contributed by atoms with Gasteiger partial charge in [0.2, 0.25) is 0 Å². The number of methoxy groups -OCH3 is 3. The quantitative estimate of drug-likeness (QED) is 0.501. The van der Waals surface area contributed by atoms with Gasteiger partial charge >= 0.3 is 0 Å². The number of carbonyl (C=O) groups excluding carboxylic acids is 2. The number of benzene rings is 3. The number of hydrogen-bond acceptors (Lipinski definition) is 5. The van der Waals surface area contributed by atoms with E-state index in [1.54, 1.807) is 42.5 Å². The second-order valence-electron chi connectivity index (χ2n) is 6.82. The summed E-state index contributed by atoms with van der Waals surface area (Å²) in [5, 5.41) is 5.29. The van der Waals surface area contributed by atoms with Crippen LogP contribution in [0.5, 0.6) is 17.2 Å². The molecular weight excluding hydrogens is 427 g/mol. The molecule has 3 rings (SSSR count). The van der Waals surface area contributed by atoms with Gasteiger partial charge in [-0.05, 0) is 72.3 Å². The van der Waals surface area contributed by atoms with Crippen LogP contribution in [0.4, 0.5) is 10.1 Å². The summed E-state index contributed by atoms with van der Waals surface area (Å²) < 4.78 is 28.9. The zero-order valence-electron chi connectivity index (χ0n) is 18.3. The van der Waals surface area contributed by atoms with E-state index in [0.717, 1.165) is 0 Å². The van der Waals surface area contributed by atoms with E-state index in [-0.39, 0.29) is 5.70 Å². The Morgan fingerprint density at radius 2 is 1.48 bits per heavy atom. The maximum atomic E-state index is 13.2. The van der Waals surface area contributed by atoms with Gasteiger partial charge in [-0.1, -0.05) is 6.07 Å². The molecule has 0 bridgehead atoms. The lowest BCUT2D eigenvalue weighted by molar-refractivity contribution is -0.113. The normalized spacial score (nSPS) is 10.8. The Balaban J connectivity index is 1.92. The average Bonchev–Trinajstić information content (AvgIpc) is 2.84. The number of hydrogen-bond donors (Lipinski definition) is 2. The number of nitrogens with one attached hydrogen (secondary N) is 2. The lowest BCUT2D eigenvalue weighted by Gasteiger charge is -2.13. The van der Waals surface area contributed by atoms with Gasteiger partial charge in [0, 0.05) is 11.3 Å². The van der Waals surface area contributed by atoms with Gasteiger partial charge in [0.15, 0.2) is 11.5 Å². The van der Waals surface area contributed by atoms with E-state index in [9.17, 15) is 14.0 Å². The van der Waals surface area contributed by atoms with Crippen LogP contribution in [0.2, 0.25) is 0 Å². The molecular formula is C25H23FN2O5. The van der Waals surface area contributed by atoms with E-state index >= 15 is 0 Å². The van der Waals surface area contributed by atoms with Gasteiger partial charge in [-0.15, -0.1) is 0 Å². The fourth-order valence-electron chi connectivity index (χ4n) is 2.94. The molecule has 3 aromatic rings. The molecule has 0 spiro atoms. The van der Waals surface area contributed by atoms with Crippen molar-refractivity contribution in [2.75, 3.05) is 26.6 Å². The molecule has 0 heterocycles. The summed E-state index contributed by atoms with van der Waals surface area (Å²) in [6.45, 7) is 0. The topological polar surface area (TPSA) is 85.9 Å². The van der Waals surface area contributed by atoms with Gasteiger partial charge in [0.1, 0.15) is 17.3 Å². The Morgan fingerprint density at radius 1 is 0.818 bits per heavy atom. The summed E-state index contributed by atoms with van der Waals surface area (Å²) in [7, 11) is 4.54. The van der Waals surface area contributed by atoms with Gasteiger partial charge in [0.25, 0.3) is 11.8 Å². The van der Waals surface area contributed by atoms with E-state index in [0.29, 0.717) is 34.1 Å². The van der Waals surface area contributed by atoms with Gasteiger partial charge < -0.3 is 24.8 Å².